The van der Waals surface area contributed by atoms with E-state index in [4.69, 9.17) is 4.74 Å². The number of carbonyl (C=O) groups excluding carboxylic acids is 2. The Morgan fingerprint density at radius 1 is 1.10 bits per heavy atom. The number of anilines is 2. The van der Waals surface area contributed by atoms with Gasteiger partial charge in [-0.1, -0.05) is 45.9 Å². The molecule has 5 rings (SSSR count). The van der Waals surface area contributed by atoms with E-state index in [0.29, 0.717) is 34.6 Å². The van der Waals surface area contributed by atoms with Crippen LogP contribution < -0.4 is 15.0 Å². The van der Waals surface area contributed by atoms with Crippen LogP contribution in [0.25, 0.3) is 0 Å². The highest BCUT2D eigenvalue weighted by molar-refractivity contribution is 6.07. The number of halogens is 2. The van der Waals surface area contributed by atoms with E-state index in [-0.39, 0.29) is 47.2 Å². The fourth-order valence-electron chi connectivity index (χ4n) is 5.47. The second-order valence-electron chi connectivity index (χ2n) is 11.5. The number of amides is 1. The number of ketones is 1. The van der Waals surface area contributed by atoms with Crippen molar-refractivity contribution in [2.24, 2.45) is 11.3 Å². The summed E-state index contributed by atoms with van der Waals surface area (Å²) in [6, 6.07) is 14.0. The van der Waals surface area contributed by atoms with E-state index in [1.54, 1.807) is 44.2 Å². The van der Waals surface area contributed by atoms with Crippen molar-refractivity contribution >= 4 is 23.1 Å². The van der Waals surface area contributed by atoms with E-state index in [0.717, 1.165) is 0 Å². The first-order valence-corrected chi connectivity index (χ1v) is 13.3. The van der Waals surface area contributed by atoms with Crippen molar-refractivity contribution in [2.75, 3.05) is 10.2 Å². The molecule has 0 saturated carbocycles. The summed E-state index contributed by atoms with van der Waals surface area (Å²) in [7, 11) is 0. The Bertz CT molecular complexity index is 1530. The van der Waals surface area contributed by atoms with Gasteiger partial charge < -0.3 is 15.2 Å². The van der Waals surface area contributed by atoms with Gasteiger partial charge in [0.05, 0.1) is 11.7 Å². The first-order chi connectivity index (χ1) is 18.9. The summed E-state index contributed by atoms with van der Waals surface area (Å²) < 4.78 is 35.3. The van der Waals surface area contributed by atoms with Crippen LogP contribution in [0.5, 0.6) is 11.5 Å². The summed E-state index contributed by atoms with van der Waals surface area (Å²) in [5, 5.41) is 14.1. The van der Waals surface area contributed by atoms with Crippen molar-refractivity contribution < 1.29 is 28.2 Å². The van der Waals surface area contributed by atoms with Gasteiger partial charge in [0.25, 0.3) is 0 Å². The number of fused-ring (bicyclic) bond motifs is 1. The lowest BCUT2D eigenvalue weighted by Crippen LogP contribution is -2.41. The standard InChI is InChI=1S/C32H32F2N2O4/c1-18(2)31(39)36-25-9-6-10-26(37)29(25)35-24-15-32(3,4)16-27(38)28(24)30(36)22-12-11-21(14-23(22)34)40-17-19-7-5-8-20(33)13-19/h5-14,18,30,35,37H,15-17H2,1-4H3. The third-order valence-electron chi connectivity index (χ3n) is 7.30. The van der Waals surface area contributed by atoms with Crippen molar-refractivity contribution in [3.63, 3.8) is 0 Å². The van der Waals surface area contributed by atoms with Crippen molar-refractivity contribution in [1.29, 1.82) is 0 Å². The number of rotatable bonds is 5. The molecule has 1 atom stereocenters. The minimum atomic E-state index is -1.07. The number of carbonyl (C=O) groups is 2. The lowest BCUT2D eigenvalue weighted by Gasteiger charge is -2.37. The van der Waals surface area contributed by atoms with Gasteiger partial charge in [0.15, 0.2) is 5.78 Å². The fourth-order valence-corrected chi connectivity index (χ4v) is 5.47. The third-order valence-corrected chi connectivity index (χ3v) is 7.30. The minimum absolute atomic E-state index is 0.0391. The van der Waals surface area contributed by atoms with Crippen LogP contribution in [-0.4, -0.2) is 16.8 Å². The van der Waals surface area contributed by atoms with Crippen LogP contribution in [0.4, 0.5) is 20.2 Å². The molecule has 1 unspecified atom stereocenters. The average molecular weight is 547 g/mol. The highest BCUT2D eigenvalue weighted by Crippen LogP contribution is 2.51. The molecular weight excluding hydrogens is 514 g/mol. The van der Waals surface area contributed by atoms with Gasteiger partial charge in [-0.25, -0.2) is 8.78 Å². The summed E-state index contributed by atoms with van der Waals surface area (Å²) in [4.78, 5) is 29.0. The van der Waals surface area contributed by atoms with Gasteiger partial charge in [-0.05, 0) is 53.8 Å². The number of allylic oxidation sites excluding steroid dienone is 1. The number of phenolic OH excluding ortho intramolecular Hbond substituents is 1. The Kier molecular flexibility index (Phi) is 7.12. The smallest absolute Gasteiger partial charge is 0.230 e. The minimum Gasteiger partial charge on any atom is -0.506 e. The molecule has 1 aliphatic carbocycles. The number of Topliss-reactive ketones (excluding diaryl/α,β-unsaturated/α-hetero) is 1. The van der Waals surface area contributed by atoms with E-state index in [2.05, 4.69) is 5.32 Å². The van der Waals surface area contributed by atoms with Crippen LogP contribution in [-0.2, 0) is 16.2 Å². The maximum absolute atomic E-state index is 16.0. The van der Waals surface area contributed by atoms with Crippen molar-refractivity contribution in [2.45, 2.75) is 53.2 Å². The third kappa shape index (κ3) is 5.18. The lowest BCUT2D eigenvalue weighted by molar-refractivity contribution is -0.122. The molecule has 0 spiro atoms. The molecule has 40 heavy (non-hydrogen) atoms. The Morgan fingerprint density at radius 2 is 1.85 bits per heavy atom. The van der Waals surface area contributed by atoms with Crippen LogP contribution in [0.15, 0.2) is 71.9 Å². The molecule has 3 aromatic rings. The first-order valence-electron chi connectivity index (χ1n) is 13.3. The molecule has 0 saturated heterocycles. The number of hydrogen-bond donors (Lipinski definition) is 2. The number of aromatic hydroxyl groups is 1. The van der Waals surface area contributed by atoms with Crippen LogP contribution in [0.3, 0.4) is 0 Å². The molecular formula is C32H32F2N2O4. The lowest BCUT2D eigenvalue weighted by atomic mass is 9.73. The average Bonchev–Trinajstić information content (AvgIpc) is 3.01. The zero-order valence-electron chi connectivity index (χ0n) is 22.9. The molecule has 0 fully saturated rings. The molecule has 8 heteroatoms. The largest absolute Gasteiger partial charge is 0.506 e. The van der Waals surface area contributed by atoms with E-state index in [1.165, 1.54) is 35.2 Å². The molecule has 208 valence electrons. The van der Waals surface area contributed by atoms with Crippen LogP contribution in [0.2, 0.25) is 0 Å². The van der Waals surface area contributed by atoms with Crippen LogP contribution >= 0.6 is 0 Å². The van der Waals surface area contributed by atoms with Crippen LogP contribution in [0, 0.1) is 23.0 Å². The second-order valence-corrected chi connectivity index (χ2v) is 11.5. The predicted molar refractivity (Wildman–Crippen MR) is 149 cm³/mol. The Morgan fingerprint density at radius 3 is 2.55 bits per heavy atom. The number of nitrogens with one attached hydrogen (secondary N) is 1. The molecule has 1 aliphatic heterocycles. The number of benzene rings is 3. The normalized spacial score (nSPS) is 18.1. The molecule has 0 bridgehead atoms. The number of para-hydroxylation sites is 1. The zero-order valence-corrected chi connectivity index (χ0v) is 22.9. The van der Waals surface area contributed by atoms with Gasteiger partial charge in [-0.2, -0.15) is 0 Å². The fraction of sp³-hybridized carbons (Fsp3) is 0.312. The quantitative estimate of drug-likeness (QED) is 0.336. The van der Waals surface area contributed by atoms with Gasteiger partial charge >= 0.3 is 0 Å². The Labute approximate surface area is 232 Å². The van der Waals surface area contributed by atoms with Crippen molar-refractivity contribution in [3.8, 4) is 11.5 Å². The van der Waals surface area contributed by atoms with Gasteiger partial charge in [-0.15, -0.1) is 0 Å². The molecule has 2 aliphatic rings. The summed E-state index contributed by atoms with van der Waals surface area (Å²) in [6.07, 6.45) is 0.699. The summed E-state index contributed by atoms with van der Waals surface area (Å²) >= 11 is 0. The van der Waals surface area contributed by atoms with Gasteiger partial charge in [-0.3, -0.25) is 14.5 Å². The van der Waals surface area contributed by atoms with E-state index < -0.39 is 23.6 Å². The second kappa shape index (κ2) is 10.4. The zero-order chi connectivity index (χ0) is 28.8. The molecule has 1 amide bonds. The van der Waals surface area contributed by atoms with Crippen molar-refractivity contribution in [3.05, 3.63) is 94.7 Å². The van der Waals surface area contributed by atoms with E-state index in [1.807, 2.05) is 13.8 Å². The van der Waals surface area contributed by atoms with E-state index in [9.17, 15) is 19.1 Å². The molecule has 0 radical (unpaired) electrons. The number of nitrogens with zero attached hydrogens (tertiary/aromatic N) is 1. The summed E-state index contributed by atoms with van der Waals surface area (Å²) in [5.41, 5.74) is 1.86. The van der Waals surface area contributed by atoms with Crippen molar-refractivity contribution in [1.82, 2.24) is 0 Å². The molecule has 0 aromatic heterocycles. The Hall–Kier alpha value is -4.20. The molecule has 2 N–H and O–H groups in total. The number of phenols is 1. The number of ether oxygens (including phenoxy) is 1. The first kappa shape index (κ1) is 27.4. The highest BCUT2D eigenvalue weighted by atomic mass is 19.1. The molecule has 3 aromatic carbocycles. The Balaban J connectivity index is 1.64. The van der Waals surface area contributed by atoms with Crippen LogP contribution in [0.1, 0.15) is 57.7 Å². The maximum atomic E-state index is 16.0. The predicted octanol–water partition coefficient (Wildman–Crippen LogP) is 7.05. The van der Waals surface area contributed by atoms with Gasteiger partial charge in [0.1, 0.15) is 35.4 Å². The molecule has 6 nitrogen and oxygen atoms in total. The number of hydrogen-bond acceptors (Lipinski definition) is 5. The SMILES string of the molecule is CC(C)C(=O)N1c2cccc(O)c2NC2=C(C(=O)CC(C)(C)C2)C1c1ccc(OCc2cccc(F)c2)cc1F. The molecule has 1 heterocycles. The monoisotopic (exact) mass is 546 g/mol. The highest BCUT2D eigenvalue weighted by Gasteiger charge is 2.44. The van der Waals surface area contributed by atoms with Gasteiger partial charge in [0, 0.05) is 35.2 Å². The van der Waals surface area contributed by atoms with E-state index >= 15 is 4.39 Å². The topological polar surface area (TPSA) is 78.9 Å². The summed E-state index contributed by atoms with van der Waals surface area (Å²) in [5.74, 6) is -1.90. The summed E-state index contributed by atoms with van der Waals surface area (Å²) in [6.45, 7) is 7.47. The maximum Gasteiger partial charge on any atom is 0.230 e. The van der Waals surface area contributed by atoms with Gasteiger partial charge in [0.2, 0.25) is 5.91 Å².